The molecule has 0 unspecified atom stereocenters. The first-order valence-corrected chi connectivity index (χ1v) is 4.79. The second-order valence-electron chi connectivity index (χ2n) is 2.41. The zero-order valence-corrected chi connectivity index (χ0v) is 7.90. The van der Waals surface area contributed by atoms with Crippen LogP contribution in [0.3, 0.4) is 0 Å². The third-order valence-corrected chi connectivity index (χ3v) is 2.24. The van der Waals surface area contributed by atoms with Gasteiger partial charge in [-0.25, -0.2) is 9.44 Å². The zero-order valence-electron chi connectivity index (χ0n) is 7.09. The van der Waals surface area contributed by atoms with Crippen molar-refractivity contribution in [3.8, 4) is 0 Å². The van der Waals surface area contributed by atoms with Crippen molar-refractivity contribution in [3.63, 3.8) is 0 Å². The number of hydrogen-bond acceptors (Lipinski definition) is 3. The Bertz CT molecular complexity index is 188. The summed E-state index contributed by atoms with van der Waals surface area (Å²) in [6.45, 7) is 1.12. The van der Waals surface area contributed by atoms with Gasteiger partial charge in [-0.3, -0.25) is 0 Å². The van der Waals surface area contributed by atoms with Gasteiger partial charge in [0.25, 0.3) is 10.2 Å². The molecule has 0 atom stereocenters. The lowest BCUT2D eigenvalue weighted by Gasteiger charge is -2.09. The lowest BCUT2D eigenvalue weighted by molar-refractivity contribution is 0.412. The quantitative estimate of drug-likeness (QED) is 0.548. The summed E-state index contributed by atoms with van der Waals surface area (Å²) in [4.78, 5) is 1.90. The Labute approximate surface area is 68.0 Å². The fourth-order valence-electron chi connectivity index (χ4n) is 0.476. The molecule has 2 N–H and O–H groups in total. The van der Waals surface area contributed by atoms with Crippen LogP contribution in [0.2, 0.25) is 0 Å². The van der Waals surface area contributed by atoms with Gasteiger partial charge in [-0.15, -0.1) is 0 Å². The monoisotopic (exact) mass is 181 g/mol. The van der Waals surface area contributed by atoms with E-state index in [0.717, 1.165) is 0 Å². The third-order valence-electron chi connectivity index (χ3n) is 1.12. The SMILES string of the molecule is CNS(=O)(=O)NCCN(C)C. The van der Waals surface area contributed by atoms with Crippen LogP contribution in [0, 0.1) is 0 Å². The fourth-order valence-corrected chi connectivity index (χ4v) is 0.980. The maximum absolute atomic E-state index is 10.7. The minimum Gasteiger partial charge on any atom is -0.308 e. The lowest BCUT2D eigenvalue weighted by Crippen LogP contribution is -2.37. The van der Waals surface area contributed by atoms with Crippen LogP contribution in [0.4, 0.5) is 0 Å². The van der Waals surface area contributed by atoms with Crippen LogP contribution in [0.25, 0.3) is 0 Å². The molecule has 0 aliphatic heterocycles. The molecule has 0 bridgehead atoms. The van der Waals surface area contributed by atoms with E-state index < -0.39 is 10.2 Å². The van der Waals surface area contributed by atoms with Crippen molar-refractivity contribution < 1.29 is 8.42 Å². The molecule has 0 aliphatic rings. The molecule has 0 aromatic heterocycles. The molecule has 0 spiro atoms. The van der Waals surface area contributed by atoms with Gasteiger partial charge < -0.3 is 4.90 Å². The van der Waals surface area contributed by atoms with E-state index in [1.54, 1.807) is 0 Å². The zero-order chi connectivity index (χ0) is 8.91. The Morgan fingerprint density at radius 2 is 1.91 bits per heavy atom. The van der Waals surface area contributed by atoms with Gasteiger partial charge in [0.05, 0.1) is 0 Å². The topological polar surface area (TPSA) is 61.4 Å². The van der Waals surface area contributed by atoms with E-state index >= 15 is 0 Å². The van der Waals surface area contributed by atoms with Gasteiger partial charge >= 0.3 is 0 Å². The second-order valence-corrected chi connectivity index (χ2v) is 4.11. The molecule has 6 heteroatoms. The van der Waals surface area contributed by atoms with Gasteiger partial charge in [-0.2, -0.15) is 8.42 Å². The van der Waals surface area contributed by atoms with Crippen molar-refractivity contribution in [1.29, 1.82) is 0 Å². The average molecular weight is 181 g/mol. The number of likely N-dealkylation sites (N-methyl/N-ethyl adjacent to an activating group) is 1. The minimum absolute atomic E-state index is 0.427. The number of nitrogens with zero attached hydrogens (tertiary/aromatic N) is 1. The Morgan fingerprint density at radius 3 is 2.27 bits per heavy atom. The summed E-state index contributed by atoms with van der Waals surface area (Å²) >= 11 is 0. The average Bonchev–Trinajstić information content (AvgIpc) is 1.87. The molecule has 0 aromatic rings. The van der Waals surface area contributed by atoms with E-state index in [2.05, 4.69) is 9.44 Å². The first-order valence-electron chi connectivity index (χ1n) is 3.31. The molecule has 0 aromatic carbocycles. The van der Waals surface area contributed by atoms with E-state index in [1.807, 2.05) is 19.0 Å². The highest BCUT2D eigenvalue weighted by Gasteiger charge is 2.03. The molecule has 68 valence electrons. The first-order chi connectivity index (χ1) is 4.98. The smallest absolute Gasteiger partial charge is 0.276 e. The summed E-state index contributed by atoms with van der Waals surface area (Å²) in [6, 6.07) is 0. The minimum atomic E-state index is -3.24. The van der Waals surface area contributed by atoms with Gasteiger partial charge in [0, 0.05) is 20.1 Å². The molecule has 0 aliphatic carbocycles. The van der Waals surface area contributed by atoms with Crippen molar-refractivity contribution in [2.75, 3.05) is 34.2 Å². The second kappa shape index (κ2) is 4.66. The summed E-state index contributed by atoms with van der Waals surface area (Å²) in [5.74, 6) is 0. The van der Waals surface area contributed by atoms with Gasteiger partial charge in [0.15, 0.2) is 0 Å². The van der Waals surface area contributed by atoms with E-state index in [1.165, 1.54) is 7.05 Å². The van der Waals surface area contributed by atoms with E-state index in [9.17, 15) is 8.42 Å². The number of nitrogens with one attached hydrogen (secondary N) is 2. The largest absolute Gasteiger partial charge is 0.308 e. The number of rotatable bonds is 5. The highest BCUT2D eigenvalue weighted by atomic mass is 32.2. The standard InChI is InChI=1S/C5H15N3O2S/c1-6-11(9,10)7-4-5-8(2)3/h6-7H,4-5H2,1-3H3. The lowest BCUT2D eigenvalue weighted by atomic mass is 10.6. The van der Waals surface area contributed by atoms with Crippen molar-refractivity contribution >= 4 is 10.2 Å². The Balaban J connectivity index is 3.55. The summed E-state index contributed by atoms with van der Waals surface area (Å²) in [7, 11) is 1.90. The number of hydrogen-bond donors (Lipinski definition) is 2. The predicted octanol–water partition coefficient (Wildman–Crippen LogP) is -1.40. The van der Waals surface area contributed by atoms with Crippen LogP contribution in [0.1, 0.15) is 0 Å². The summed E-state index contributed by atoms with van der Waals surface area (Å²) in [5.41, 5.74) is 0. The van der Waals surface area contributed by atoms with Gasteiger partial charge in [-0.05, 0) is 14.1 Å². The van der Waals surface area contributed by atoms with Crippen LogP contribution in [-0.2, 0) is 10.2 Å². The molecule has 0 fully saturated rings. The molecule has 0 saturated heterocycles. The van der Waals surface area contributed by atoms with Crippen molar-refractivity contribution in [2.45, 2.75) is 0 Å². The molecule has 0 rings (SSSR count). The molecule has 11 heavy (non-hydrogen) atoms. The molecule has 5 nitrogen and oxygen atoms in total. The van der Waals surface area contributed by atoms with Crippen LogP contribution >= 0.6 is 0 Å². The molecular formula is C5H15N3O2S. The highest BCUT2D eigenvalue weighted by molar-refractivity contribution is 7.87. The summed E-state index contributed by atoms with van der Waals surface area (Å²) < 4.78 is 26.0. The molecule has 0 heterocycles. The maximum Gasteiger partial charge on any atom is 0.276 e. The Hall–Kier alpha value is -0.170. The van der Waals surface area contributed by atoms with Crippen LogP contribution in [0.15, 0.2) is 0 Å². The van der Waals surface area contributed by atoms with E-state index in [0.29, 0.717) is 13.1 Å². The van der Waals surface area contributed by atoms with E-state index in [-0.39, 0.29) is 0 Å². The Kier molecular flexibility index (Phi) is 4.58. The summed E-state index contributed by atoms with van der Waals surface area (Å²) in [6.07, 6.45) is 0. The van der Waals surface area contributed by atoms with Crippen molar-refractivity contribution in [1.82, 2.24) is 14.3 Å². The van der Waals surface area contributed by atoms with Crippen LogP contribution in [0.5, 0.6) is 0 Å². The predicted molar refractivity (Wildman–Crippen MR) is 44.5 cm³/mol. The van der Waals surface area contributed by atoms with Crippen LogP contribution < -0.4 is 9.44 Å². The van der Waals surface area contributed by atoms with Gasteiger partial charge in [0.1, 0.15) is 0 Å². The van der Waals surface area contributed by atoms with Crippen molar-refractivity contribution in [3.05, 3.63) is 0 Å². The summed E-state index contributed by atoms with van der Waals surface area (Å²) in [5, 5.41) is 0. The van der Waals surface area contributed by atoms with Crippen LogP contribution in [-0.4, -0.2) is 47.6 Å². The normalized spacial score (nSPS) is 12.4. The Morgan fingerprint density at radius 1 is 1.36 bits per heavy atom. The fraction of sp³-hybridized carbons (Fsp3) is 1.00. The highest BCUT2D eigenvalue weighted by Crippen LogP contribution is 1.74. The third kappa shape index (κ3) is 6.24. The van der Waals surface area contributed by atoms with E-state index in [4.69, 9.17) is 0 Å². The molecule has 0 amide bonds. The van der Waals surface area contributed by atoms with Crippen molar-refractivity contribution in [2.24, 2.45) is 0 Å². The van der Waals surface area contributed by atoms with Gasteiger partial charge in [0.2, 0.25) is 0 Å². The molecular weight excluding hydrogens is 166 g/mol. The van der Waals surface area contributed by atoms with Gasteiger partial charge in [-0.1, -0.05) is 0 Å². The first kappa shape index (κ1) is 10.8. The maximum atomic E-state index is 10.7. The molecule has 0 radical (unpaired) electrons. The molecule has 0 saturated carbocycles.